The number of anilines is 2. The Balaban J connectivity index is 2.27. The molecule has 0 spiro atoms. The Kier molecular flexibility index (Phi) is 2.79. The van der Waals surface area contributed by atoms with Gasteiger partial charge in [0.2, 0.25) is 0 Å². The minimum absolute atomic E-state index is 0.195. The van der Waals surface area contributed by atoms with Gasteiger partial charge in [0, 0.05) is 11.4 Å². The smallest absolute Gasteiger partial charge is 0.144 e. The van der Waals surface area contributed by atoms with E-state index in [4.69, 9.17) is 5.26 Å². The van der Waals surface area contributed by atoms with Gasteiger partial charge in [0.25, 0.3) is 0 Å². The summed E-state index contributed by atoms with van der Waals surface area (Å²) in [6.45, 7) is 0.598. The number of nitriles is 1. The van der Waals surface area contributed by atoms with Crippen LogP contribution in [0.3, 0.4) is 0 Å². The Morgan fingerprint density at radius 3 is 3.13 bits per heavy atom. The molecule has 2 N–H and O–H groups in total. The summed E-state index contributed by atoms with van der Waals surface area (Å²) in [5.74, 6) is 0. The molecule has 76 valence electrons. The van der Waals surface area contributed by atoms with E-state index in [1.807, 2.05) is 23.6 Å². The van der Waals surface area contributed by atoms with E-state index in [0.29, 0.717) is 6.54 Å². The van der Waals surface area contributed by atoms with Crippen LogP contribution in [0, 0.1) is 10.7 Å². The summed E-state index contributed by atoms with van der Waals surface area (Å²) in [5.41, 5.74) is 1.84. The highest BCUT2D eigenvalue weighted by Crippen LogP contribution is 2.30. The number of hydrogen-bond acceptors (Lipinski definition) is 5. The Morgan fingerprint density at radius 1 is 1.53 bits per heavy atom. The maximum Gasteiger partial charge on any atom is 0.144 e. The largest absolute Gasteiger partial charge is 0.381 e. The average molecular weight is 219 g/mol. The molecule has 1 heterocycles. The van der Waals surface area contributed by atoms with Crippen molar-refractivity contribution in [2.45, 2.75) is 10.9 Å². The van der Waals surface area contributed by atoms with Crippen LogP contribution in [-0.4, -0.2) is 18.9 Å². The highest BCUT2D eigenvalue weighted by Gasteiger charge is 2.16. The van der Waals surface area contributed by atoms with E-state index in [0.717, 1.165) is 34.3 Å². The molecular weight excluding hydrogens is 210 g/mol. The van der Waals surface area contributed by atoms with Crippen molar-refractivity contribution in [2.75, 3.05) is 17.2 Å². The third-order valence-corrected chi connectivity index (χ3v) is 2.75. The van der Waals surface area contributed by atoms with Crippen LogP contribution in [0.5, 0.6) is 0 Å². The first-order valence-electron chi connectivity index (χ1n) is 4.49. The highest BCUT2D eigenvalue weighted by atomic mass is 32.2. The summed E-state index contributed by atoms with van der Waals surface area (Å²) in [7, 11) is 0. The van der Waals surface area contributed by atoms with Gasteiger partial charge in [-0.2, -0.15) is 5.26 Å². The summed E-state index contributed by atoms with van der Waals surface area (Å²) < 4.78 is 0. The van der Waals surface area contributed by atoms with Gasteiger partial charge in [0.15, 0.2) is 0 Å². The lowest BCUT2D eigenvalue weighted by molar-refractivity contribution is -0.108. The summed E-state index contributed by atoms with van der Waals surface area (Å²) >= 11 is 1.11. The monoisotopic (exact) mass is 219 g/mol. The van der Waals surface area contributed by atoms with Crippen molar-refractivity contribution < 1.29 is 4.79 Å². The standard InChI is InChI=1S/C10H9N3OS/c11-6-15-8-1-2-9-10(3-8)13-7(5-14)4-12-9/h1-3,5,7,12-13H,4H2. The predicted molar refractivity (Wildman–Crippen MR) is 59.9 cm³/mol. The molecular formula is C10H9N3OS. The van der Waals surface area contributed by atoms with E-state index in [2.05, 4.69) is 10.6 Å². The summed E-state index contributed by atoms with van der Waals surface area (Å²) in [6, 6.07) is 5.46. The fraction of sp³-hybridized carbons (Fsp3) is 0.200. The number of rotatable bonds is 2. The molecule has 0 fully saturated rings. The van der Waals surface area contributed by atoms with Gasteiger partial charge in [-0.25, -0.2) is 0 Å². The second-order valence-corrected chi connectivity index (χ2v) is 4.03. The lowest BCUT2D eigenvalue weighted by Gasteiger charge is -2.24. The van der Waals surface area contributed by atoms with E-state index in [1.54, 1.807) is 0 Å². The van der Waals surface area contributed by atoms with E-state index >= 15 is 0 Å². The summed E-state index contributed by atoms with van der Waals surface area (Å²) in [4.78, 5) is 11.5. The number of fused-ring (bicyclic) bond motifs is 1. The topological polar surface area (TPSA) is 64.9 Å². The SMILES string of the molecule is N#CSc1ccc2c(c1)NC(C=O)CN2. The van der Waals surface area contributed by atoms with Gasteiger partial charge in [-0.1, -0.05) is 0 Å². The van der Waals surface area contributed by atoms with Gasteiger partial charge in [0.05, 0.1) is 17.4 Å². The average Bonchev–Trinajstić information content (AvgIpc) is 2.28. The van der Waals surface area contributed by atoms with Crippen LogP contribution >= 0.6 is 11.8 Å². The van der Waals surface area contributed by atoms with Crippen LogP contribution in [0.2, 0.25) is 0 Å². The first kappa shape index (κ1) is 9.87. The first-order chi connectivity index (χ1) is 7.33. The normalized spacial score (nSPS) is 17.9. The summed E-state index contributed by atoms with van der Waals surface area (Å²) in [6.07, 6.45) is 0.875. The molecule has 2 rings (SSSR count). The summed E-state index contributed by atoms with van der Waals surface area (Å²) in [5, 5.41) is 16.8. The molecule has 1 unspecified atom stereocenters. The van der Waals surface area contributed by atoms with Gasteiger partial charge in [-0.3, -0.25) is 0 Å². The number of carbonyl (C=O) groups excluding carboxylic acids is 1. The third kappa shape index (κ3) is 2.05. The number of aldehydes is 1. The van der Waals surface area contributed by atoms with Gasteiger partial charge in [0.1, 0.15) is 11.7 Å². The molecule has 4 nitrogen and oxygen atoms in total. The molecule has 1 aromatic carbocycles. The zero-order valence-corrected chi connectivity index (χ0v) is 8.67. The number of hydrogen-bond donors (Lipinski definition) is 2. The van der Waals surface area contributed by atoms with Crippen molar-refractivity contribution in [1.82, 2.24) is 0 Å². The van der Waals surface area contributed by atoms with Gasteiger partial charge in [-0.15, -0.1) is 0 Å². The number of carbonyl (C=O) groups is 1. The zero-order valence-electron chi connectivity index (χ0n) is 7.86. The van der Waals surface area contributed by atoms with E-state index < -0.39 is 0 Å². The van der Waals surface area contributed by atoms with Crippen molar-refractivity contribution in [3.63, 3.8) is 0 Å². The Bertz CT molecular complexity index is 427. The Morgan fingerprint density at radius 2 is 2.40 bits per heavy atom. The van der Waals surface area contributed by atoms with Gasteiger partial charge in [-0.05, 0) is 30.0 Å². The molecule has 1 aliphatic heterocycles. The molecule has 5 heteroatoms. The minimum Gasteiger partial charge on any atom is -0.381 e. The van der Waals surface area contributed by atoms with Crippen LogP contribution in [0.25, 0.3) is 0 Å². The number of nitrogens with one attached hydrogen (secondary N) is 2. The second kappa shape index (κ2) is 4.24. The molecule has 1 atom stereocenters. The molecule has 0 saturated heterocycles. The fourth-order valence-electron chi connectivity index (χ4n) is 1.47. The third-order valence-electron chi connectivity index (χ3n) is 2.17. The molecule has 0 amide bonds. The zero-order chi connectivity index (χ0) is 10.7. The molecule has 0 aromatic heterocycles. The second-order valence-electron chi connectivity index (χ2n) is 3.17. The molecule has 1 aliphatic rings. The fourth-order valence-corrected chi connectivity index (χ4v) is 1.88. The van der Waals surface area contributed by atoms with Crippen LogP contribution < -0.4 is 10.6 Å². The van der Waals surface area contributed by atoms with Crippen LogP contribution in [-0.2, 0) is 4.79 Å². The predicted octanol–water partition coefficient (Wildman–Crippen LogP) is 1.66. The van der Waals surface area contributed by atoms with E-state index in [1.165, 1.54) is 0 Å². The van der Waals surface area contributed by atoms with Crippen molar-refractivity contribution in [1.29, 1.82) is 5.26 Å². The molecule has 0 aliphatic carbocycles. The van der Waals surface area contributed by atoms with Crippen molar-refractivity contribution >= 4 is 29.4 Å². The van der Waals surface area contributed by atoms with E-state index in [-0.39, 0.29) is 6.04 Å². The van der Waals surface area contributed by atoms with Crippen molar-refractivity contribution in [3.05, 3.63) is 18.2 Å². The molecule has 0 bridgehead atoms. The molecule has 0 radical (unpaired) electrons. The number of benzene rings is 1. The van der Waals surface area contributed by atoms with Crippen molar-refractivity contribution in [2.24, 2.45) is 0 Å². The van der Waals surface area contributed by atoms with Crippen LogP contribution in [0.1, 0.15) is 0 Å². The molecule has 1 aromatic rings. The van der Waals surface area contributed by atoms with Crippen LogP contribution in [0.15, 0.2) is 23.1 Å². The number of thiocyanates is 1. The van der Waals surface area contributed by atoms with E-state index in [9.17, 15) is 4.79 Å². The number of nitrogens with zero attached hydrogens (tertiary/aromatic N) is 1. The Labute approximate surface area is 91.7 Å². The molecule has 15 heavy (non-hydrogen) atoms. The van der Waals surface area contributed by atoms with Crippen molar-refractivity contribution in [3.8, 4) is 5.40 Å². The Hall–Kier alpha value is -1.67. The van der Waals surface area contributed by atoms with Crippen LogP contribution in [0.4, 0.5) is 11.4 Å². The molecule has 0 saturated carbocycles. The first-order valence-corrected chi connectivity index (χ1v) is 5.31. The maximum absolute atomic E-state index is 10.6. The number of thioether (sulfide) groups is 1. The van der Waals surface area contributed by atoms with Gasteiger partial charge >= 0.3 is 0 Å². The lowest BCUT2D eigenvalue weighted by Crippen LogP contribution is -2.33. The highest BCUT2D eigenvalue weighted by molar-refractivity contribution is 8.03. The lowest BCUT2D eigenvalue weighted by atomic mass is 10.2. The minimum atomic E-state index is -0.195. The quantitative estimate of drug-likeness (QED) is 0.450. The van der Waals surface area contributed by atoms with Gasteiger partial charge < -0.3 is 15.4 Å². The maximum atomic E-state index is 10.6.